The van der Waals surface area contributed by atoms with Gasteiger partial charge in [0.15, 0.2) is 5.95 Å². The summed E-state index contributed by atoms with van der Waals surface area (Å²) in [6, 6.07) is 0. The molecule has 0 atom stereocenters. The first-order valence-electron chi connectivity index (χ1n) is 4.56. The van der Waals surface area contributed by atoms with E-state index < -0.39 is 0 Å². The summed E-state index contributed by atoms with van der Waals surface area (Å²) in [7, 11) is 0. The van der Waals surface area contributed by atoms with E-state index in [1.165, 1.54) is 25.7 Å². The third-order valence-corrected chi connectivity index (χ3v) is 2.63. The van der Waals surface area contributed by atoms with E-state index in [1.54, 1.807) is 6.20 Å². The van der Waals surface area contributed by atoms with Crippen molar-refractivity contribution in [3.8, 4) is 0 Å². The molecule has 66 valence electrons. The average molecular weight is 165 g/mol. The van der Waals surface area contributed by atoms with Crippen LogP contribution >= 0.6 is 0 Å². The van der Waals surface area contributed by atoms with Gasteiger partial charge in [0.2, 0.25) is 0 Å². The zero-order valence-corrected chi connectivity index (χ0v) is 7.43. The van der Waals surface area contributed by atoms with E-state index >= 15 is 0 Å². The summed E-state index contributed by atoms with van der Waals surface area (Å²) >= 11 is 0. The molecule has 0 amide bonds. The lowest BCUT2D eigenvalue weighted by molar-refractivity contribution is 0.529. The van der Waals surface area contributed by atoms with E-state index in [9.17, 15) is 0 Å². The second-order valence-corrected chi connectivity index (χ2v) is 3.83. The molecule has 1 aliphatic rings. The van der Waals surface area contributed by atoms with Crippen LogP contribution in [-0.2, 0) is 0 Å². The molecular weight excluding hydrogens is 150 g/mol. The number of nitrogens with zero attached hydrogens (tertiary/aromatic N) is 1. The number of imidazole rings is 1. The van der Waals surface area contributed by atoms with Crippen LogP contribution in [0.3, 0.4) is 0 Å². The van der Waals surface area contributed by atoms with Crippen LogP contribution in [0.15, 0.2) is 12.4 Å². The Balaban J connectivity index is 2.02. The number of aromatic nitrogens is 2. The van der Waals surface area contributed by atoms with Gasteiger partial charge in [-0.05, 0) is 19.8 Å². The molecule has 2 rings (SSSR count). The van der Waals surface area contributed by atoms with Gasteiger partial charge in [0.1, 0.15) is 0 Å². The molecule has 0 aromatic carbocycles. The van der Waals surface area contributed by atoms with Crippen LogP contribution in [0.5, 0.6) is 0 Å². The number of aromatic amines is 1. The van der Waals surface area contributed by atoms with Crippen molar-refractivity contribution < 1.29 is 0 Å². The molecular formula is C9H15N3. The van der Waals surface area contributed by atoms with Gasteiger partial charge in [-0.1, -0.05) is 12.8 Å². The lowest BCUT2D eigenvalue weighted by atomic mass is 10.0. The van der Waals surface area contributed by atoms with Gasteiger partial charge in [0.25, 0.3) is 0 Å². The van der Waals surface area contributed by atoms with Crippen molar-refractivity contribution in [1.29, 1.82) is 0 Å². The van der Waals surface area contributed by atoms with Gasteiger partial charge in [0, 0.05) is 17.9 Å². The molecule has 0 saturated heterocycles. The van der Waals surface area contributed by atoms with Gasteiger partial charge < -0.3 is 10.3 Å². The highest BCUT2D eigenvalue weighted by Gasteiger charge is 2.28. The fourth-order valence-corrected chi connectivity index (χ4v) is 1.90. The number of H-pyrrole nitrogens is 1. The van der Waals surface area contributed by atoms with E-state index in [4.69, 9.17) is 0 Å². The molecule has 1 fully saturated rings. The Morgan fingerprint density at radius 2 is 2.25 bits per heavy atom. The fourth-order valence-electron chi connectivity index (χ4n) is 1.90. The topological polar surface area (TPSA) is 40.7 Å². The molecule has 0 unspecified atom stereocenters. The van der Waals surface area contributed by atoms with Gasteiger partial charge in [-0.25, -0.2) is 4.98 Å². The lowest BCUT2D eigenvalue weighted by Crippen LogP contribution is -2.31. The van der Waals surface area contributed by atoms with Gasteiger partial charge in [0.05, 0.1) is 0 Å². The van der Waals surface area contributed by atoms with E-state index in [1.807, 2.05) is 6.20 Å². The van der Waals surface area contributed by atoms with Gasteiger partial charge >= 0.3 is 0 Å². The maximum absolute atomic E-state index is 4.16. The van der Waals surface area contributed by atoms with Crippen molar-refractivity contribution in [2.45, 2.75) is 38.1 Å². The Morgan fingerprint density at radius 1 is 1.50 bits per heavy atom. The zero-order valence-electron chi connectivity index (χ0n) is 7.43. The highest BCUT2D eigenvalue weighted by molar-refractivity contribution is 5.28. The van der Waals surface area contributed by atoms with Gasteiger partial charge in [-0.2, -0.15) is 0 Å². The second-order valence-electron chi connectivity index (χ2n) is 3.83. The summed E-state index contributed by atoms with van der Waals surface area (Å²) in [5, 5.41) is 3.43. The second kappa shape index (κ2) is 2.81. The molecule has 1 aliphatic carbocycles. The monoisotopic (exact) mass is 165 g/mol. The van der Waals surface area contributed by atoms with Gasteiger partial charge in [-0.3, -0.25) is 0 Å². The van der Waals surface area contributed by atoms with Crippen molar-refractivity contribution in [3.63, 3.8) is 0 Å². The summed E-state index contributed by atoms with van der Waals surface area (Å²) in [6.45, 7) is 2.27. The lowest BCUT2D eigenvalue weighted by Gasteiger charge is -2.24. The summed E-state index contributed by atoms with van der Waals surface area (Å²) < 4.78 is 0. The van der Waals surface area contributed by atoms with Crippen molar-refractivity contribution in [2.24, 2.45) is 0 Å². The molecule has 1 saturated carbocycles. The van der Waals surface area contributed by atoms with Crippen LogP contribution in [0, 0.1) is 0 Å². The smallest absolute Gasteiger partial charge is 0.200 e. The molecule has 0 radical (unpaired) electrons. The zero-order chi connectivity index (χ0) is 8.44. The third kappa shape index (κ3) is 1.44. The van der Waals surface area contributed by atoms with Crippen LogP contribution in [0.25, 0.3) is 0 Å². The Labute approximate surface area is 72.6 Å². The highest BCUT2D eigenvalue weighted by atomic mass is 15.1. The predicted octanol–water partition coefficient (Wildman–Crippen LogP) is 2.15. The van der Waals surface area contributed by atoms with Crippen molar-refractivity contribution in [2.75, 3.05) is 5.32 Å². The summed E-state index contributed by atoms with van der Waals surface area (Å²) in [4.78, 5) is 7.23. The SMILES string of the molecule is CC1(Nc2ncc[nH]2)CCCC1. The Kier molecular flexibility index (Phi) is 1.79. The standard InChI is InChI=1S/C9H15N3/c1-9(4-2-3-5-9)12-8-10-6-7-11-8/h6-7H,2-5H2,1H3,(H2,10,11,12). The summed E-state index contributed by atoms with van der Waals surface area (Å²) in [5.41, 5.74) is 0.276. The van der Waals surface area contributed by atoms with Gasteiger partial charge in [-0.15, -0.1) is 0 Å². The summed E-state index contributed by atoms with van der Waals surface area (Å²) in [5.74, 6) is 0.902. The normalized spacial score (nSPS) is 21.1. The molecule has 0 bridgehead atoms. The number of nitrogens with one attached hydrogen (secondary N) is 2. The Morgan fingerprint density at radius 3 is 2.83 bits per heavy atom. The third-order valence-electron chi connectivity index (χ3n) is 2.63. The molecule has 0 aliphatic heterocycles. The Bertz CT molecular complexity index is 234. The fraction of sp³-hybridized carbons (Fsp3) is 0.667. The molecule has 3 heteroatoms. The molecule has 1 heterocycles. The maximum Gasteiger partial charge on any atom is 0.200 e. The molecule has 12 heavy (non-hydrogen) atoms. The largest absolute Gasteiger partial charge is 0.351 e. The quantitative estimate of drug-likeness (QED) is 0.705. The first kappa shape index (κ1) is 7.65. The minimum absolute atomic E-state index is 0.276. The number of rotatable bonds is 2. The molecule has 0 spiro atoms. The van der Waals surface area contributed by atoms with Crippen molar-refractivity contribution in [3.05, 3.63) is 12.4 Å². The highest BCUT2D eigenvalue weighted by Crippen LogP contribution is 2.31. The number of anilines is 1. The van der Waals surface area contributed by atoms with Crippen LogP contribution in [0.2, 0.25) is 0 Å². The van der Waals surface area contributed by atoms with Crippen molar-refractivity contribution >= 4 is 5.95 Å². The minimum atomic E-state index is 0.276. The minimum Gasteiger partial charge on any atom is -0.351 e. The average Bonchev–Trinajstić information content (AvgIpc) is 2.62. The van der Waals surface area contributed by atoms with E-state index in [0.717, 1.165) is 5.95 Å². The Hall–Kier alpha value is -0.990. The van der Waals surface area contributed by atoms with E-state index in [2.05, 4.69) is 22.2 Å². The van der Waals surface area contributed by atoms with Crippen LogP contribution in [-0.4, -0.2) is 15.5 Å². The van der Waals surface area contributed by atoms with Crippen LogP contribution < -0.4 is 5.32 Å². The summed E-state index contributed by atoms with van der Waals surface area (Å²) in [6.07, 6.45) is 8.82. The van der Waals surface area contributed by atoms with Crippen LogP contribution in [0.1, 0.15) is 32.6 Å². The van der Waals surface area contributed by atoms with E-state index in [0.29, 0.717) is 0 Å². The number of hydrogen-bond donors (Lipinski definition) is 2. The maximum atomic E-state index is 4.16. The van der Waals surface area contributed by atoms with Crippen LogP contribution in [0.4, 0.5) is 5.95 Å². The molecule has 1 aromatic rings. The van der Waals surface area contributed by atoms with E-state index in [-0.39, 0.29) is 5.54 Å². The molecule has 3 nitrogen and oxygen atoms in total. The first-order valence-corrected chi connectivity index (χ1v) is 4.56. The predicted molar refractivity (Wildman–Crippen MR) is 49.1 cm³/mol. The first-order chi connectivity index (χ1) is 5.79. The van der Waals surface area contributed by atoms with Crippen molar-refractivity contribution in [1.82, 2.24) is 9.97 Å². The molecule has 1 aromatic heterocycles. The number of hydrogen-bond acceptors (Lipinski definition) is 2. The molecule has 2 N–H and O–H groups in total.